The van der Waals surface area contributed by atoms with Gasteiger partial charge in [0.05, 0.1) is 11.8 Å². The Morgan fingerprint density at radius 1 is 1.56 bits per heavy atom. The normalized spacial score (nSPS) is 23.6. The number of nitrogens with zero attached hydrogens (tertiary/aromatic N) is 1. The van der Waals surface area contributed by atoms with Crippen LogP contribution in [0.4, 0.5) is 4.39 Å². The largest absolute Gasteiger partial charge is 0.374 e. The second-order valence-corrected chi connectivity index (χ2v) is 4.69. The molecule has 1 fully saturated rings. The van der Waals surface area contributed by atoms with E-state index in [-0.39, 0.29) is 11.4 Å². The van der Waals surface area contributed by atoms with Crippen LogP contribution in [0.2, 0.25) is 0 Å². The second kappa shape index (κ2) is 4.47. The fraction of sp³-hybridized carbons (Fsp3) is 0.583. The van der Waals surface area contributed by atoms with Crippen molar-refractivity contribution in [3.8, 4) is 0 Å². The molecule has 0 radical (unpaired) electrons. The molecule has 1 aromatic heterocycles. The number of halogens is 1. The first-order valence-electron chi connectivity index (χ1n) is 5.55. The van der Waals surface area contributed by atoms with Gasteiger partial charge >= 0.3 is 0 Å². The zero-order valence-electron chi connectivity index (χ0n) is 9.66. The Morgan fingerprint density at radius 2 is 2.38 bits per heavy atom. The maximum Gasteiger partial charge on any atom is 0.141 e. The molecule has 0 aromatic carbocycles. The van der Waals surface area contributed by atoms with Crippen molar-refractivity contribution in [2.24, 2.45) is 0 Å². The van der Waals surface area contributed by atoms with Gasteiger partial charge in [-0.15, -0.1) is 0 Å². The van der Waals surface area contributed by atoms with Gasteiger partial charge in [0.25, 0.3) is 0 Å². The van der Waals surface area contributed by atoms with E-state index in [1.165, 1.54) is 12.3 Å². The van der Waals surface area contributed by atoms with E-state index < -0.39 is 0 Å². The number of hydrogen-bond acceptors (Lipinski definition) is 3. The molecule has 1 atom stereocenters. The lowest BCUT2D eigenvalue weighted by molar-refractivity contribution is 0.0214. The van der Waals surface area contributed by atoms with Crippen molar-refractivity contribution in [1.82, 2.24) is 10.3 Å². The van der Waals surface area contributed by atoms with Gasteiger partial charge in [-0.05, 0) is 31.9 Å². The minimum atomic E-state index is -0.291. The van der Waals surface area contributed by atoms with Crippen molar-refractivity contribution in [2.45, 2.75) is 38.5 Å². The van der Waals surface area contributed by atoms with Crippen LogP contribution in [0, 0.1) is 5.82 Å². The molecule has 1 aromatic rings. The molecule has 1 aliphatic rings. The molecule has 0 unspecified atom stereocenters. The van der Waals surface area contributed by atoms with Crippen molar-refractivity contribution in [3.05, 3.63) is 29.8 Å². The maximum atomic E-state index is 12.9. The molecule has 1 saturated heterocycles. The third kappa shape index (κ3) is 2.57. The summed E-state index contributed by atoms with van der Waals surface area (Å²) in [6.07, 6.45) is 3.89. The standard InChI is InChI=1S/C12H17FN2O/c1-12(2)11(3-4-16-12)15-7-9-5-10(13)8-14-6-9/h5-6,8,11,15H,3-4,7H2,1-2H3/t11-/m0/s1. The van der Waals surface area contributed by atoms with Gasteiger partial charge in [-0.2, -0.15) is 0 Å². The van der Waals surface area contributed by atoms with E-state index in [2.05, 4.69) is 24.1 Å². The Bertz CT molecular complexity index is 368. The minimum Gasteiger partial charge on any atom is -0.374 e. The number of pyridine rings is 1. The minimum absolute atomic E-state index is 0.138. The molecule has 0 spiro atoms. The van der Waals surface area contributed by atoms with E-state index in [1.807, 2.05) is 0 Å². The molecule has 2 heterocycles. The molecular formula is C12H17FN2O. The van der Waals surface area contributed by atoms with Crippen LogP contribution in [0.25, 0.3) is 0 Å². The predicted octanol–water partition coefficient (Wildman–Crippen LogP) is 1.88. The number of hydrogen-bond donors (Lipinski definition) is 1. The summed E-state index contributed by atoms with van der Waals surface area (Å²) in [5.74, 6) is -0.291. The highest BCUT2D eigenvalue weighted by Crippen LogP contribution is 2.25. The van der Waals surface area contributed by atoms with Gasteiger partial charge in [-0.1, -0.05) is 0 Å². The first-order valence-corrected chi connectivity index (χ1v) is 5.55. The van der Waals surface area contributed by atoms with Crippen LogP contribution in [0.15, 0.2) is 18.5 Å². The topological polar surface area (TPSA) is 34.1 Å². The van der Waals surface area contributed by atoms with Gasteiger partial charge in [-0.25, -0.2) is 4.39 Å². The smallest absolute Gasteiger partial charge is 0.141 e. The third-order valence-corrected chi connectivity index (χ3v) is 3.03. The molecule has 0 amide bonds. The average molecular weight is 224 g/mol. The highest BCUT2D eigenvalue weighted by molar-refractivity contribution is 5.10. The lowest BCUT2D eigenvalue weighted by atomic mass is 9.99. The highest BCUT2D eigenvalue weighted by atomic mass is 19.1. The van der Waals surface area contributed by atoms with Crippen LogP contribution >= 0.6 is 0 Å². The van der Waals surface area contributed by atoms with E-state index in [0.717, 1.165) is 18.6 Å². The van der Waals surface area contributed by atoms with E-state index in [4.69, 9.17) is 4.74 Å². The van der Waals surface area contributed by atoms with Gasteiger partial charge in [0.15, 0.2) is 0 Å². The molecule has 0 aliphatic carbocycles. The summed E-state index contributed by atoms with van der Waals surface area (Å²) in [5, 5.41) is 3.38. The van der Waals surface area contributed by atoms with Gasteiger partial charge in [-0.3, -0.25) is 4.98 Å². The van der Waals surface area contributed by atoms with Crippen LogP contribution in [0.5, 0.6) is 0 Å². The van der Waals surface area contributed by atoms with E-state index in [9.17, 15) is 4.39 Å². The molecule has 1 aliphatic heterocycles. The van der Waals surface area contributed by atoms with E-state index in [0.29, 0.717) is 12.6 Å². The number of aromatic nitrogens is 1. The predicted molar refractivity (Wildman–Crippen MR) is 59.5 cm³/mol. The molecular weight excluding hydrogens is 207 g/mol. The van der Waals surface area contributed by atoms with Crippen molar-refractivity contribution < 1.29 is 9.13 Å². The van der Waals surface area contributed by atoms with Crippen LogP contribution < -0.4 is 5.32 Å². The van der Waals surface area contributed by atoms with Crippen molar-refractivity contribution in [3.63, 3.8) is 0 Å². The molecule has 1 N–H and O–H groups in total. The Hall–Kier alpha value is -1.00. The second-order valence-electron chi connectivity index (χ2n) is 4.69. The first-order chi connectivity index (χ1) is 7.58. The van der Waals surface area contributed by atoms with Crippen molar-refractivity contribution in [2.75, 3.05) is 6.61 Å². The van der Waals surface area contributed by atoms with Gasteiger partial charge in [0, 0.05) is 25.4 Å². The summed E-state index contributed by atoms with van der Waals surface area (Å²) in [6.45, 7) is 5.55. The van der Waals surface area contributed by atoms with E-state index >= 15 is 0 Å². The Balaban J connectivity index is 1.92. The van der Waals surface area contributed by atoms with Gasteiger partial charge in [0.1, 0.15) is 5.82 Å². The third-order valence-electron chi connectivity index (χ3n) is 3.03. The SMILES string of the molecule is CC1(C)OCC[C@@H]1NCc1cncc(F)c1. The van der Waals surface area contributed by atoms with Crippen LogP contribution in [-0.2, 0) is 11.3 Å². The number of rotatable bonds is 3. The quantitative estimate of drug-likeness (QED) is 0.851. The molecule has 2 rings (SSSR count). The average Bonchev–Trinajstić information content (AvgIpc) is 2.55. The molecule has 4 heteroatoms. The lowest BCUT2D eigenvalue weighted by Gasteiger charge is -2.26. The zero-order chi connectivity index (χ0) is 11.6. The number of nitrogens with one attached hydrogen (secondary N) is 1. The summed E-state index contributed by atoms with van der Waals surface area (Å²) in [4.78, 5) is 3.82. The van der Waals surface area contributed by atoms with Crippen molar-refractivity contribution >= 4 is 0 Å². The summed E-state index contributed by atoms with van der Waals surface area (Å²) < 4.78 is 18.5. The van der Waals surface area contributed by atoms with E-state index in [1.54, 1.807) is 6.20 Å². The van der Waals surface area contributed by atoms with Crippen LogP contribution in [-0.4, -0.2) is 23.2 Å². The molecule has 0 saturated carbocycles. The summed E-state index contributed by atoms with van der Waals surface area (Å²) >= 11 is 0. The van der Waals surface area contributed by atoms with Crippen LogP contribution in [0.3, 0.4) is 0 Å². The lowest BCUT2D eigenvalue weighted by Crippen LogP contribution is -2.42. The van der Waals surface area contributed by atoms with Gasteiger partial charge < -0.3 is 10.1 Å². The Labute approximate surface area is 95.0 Å². The van der Waals surface area contributed by atoms with Crippen molar-refractivity contribution in [1.29, 1.82) is 0 Å². The molecule has 16 heavy (non-hydrogen) atoms. The zero-order valence-corrected chi connectivity index (χ0v) is 9.66. The Kier molecular flexibility index (Phi) is 3.21. The number of ether oxygens (including phenoxy) is 1. The summed E-state index contributed by atoms with van der Waals surface area (Å²) in [6, 6.07) is 1.82. The maximum absolute atomic E-state index is 12.9. The molecule has 88 valence electrons. The summed E-state index contributed by atoms with van der Waals surface area (Å²) in [7, 11) is 0. The first kappa shape index (κ1) is 11.5. The highest BCUT2D eigenvalue weighted by Gasteiger charge is 2.35. The van der Waals surface area contributed by atoms with Crippen LogP contribution in [0.1, 0.15) is 25.8 Å². The van der Waals surface area contributed by atoms with Gasteiger partial charge in [0.2, 0.25) is 0 Å². The fourth-order valence-electron chi connectivity index (χ4n) is 2.03. The molecule has 3 nitrogen and oxygen atoms in total. The Morgan fingerprint density at radius 3 is 3.00 bits per heavy atom. The monoisotopic (exact) mass is 224 g/mol. The fourth-order valence-corrected chi connectivity index (χ4v) is 2.03. The molecule has 0 bridgehead atoms. The summed E-state index contributed by atoms with van der Waals surface area (Å²) in [5.41, 5.74) is 0.725.